The van der Waals surface area contributed by atoms with Crippen molar-refractivity contribution >= 4 is 44.9 Å². The average Bonchev–Trinajstić information content (AvgIpc) is 3.00. The Morgan fingerprint density at radius 2 is 1.70 bits per heavy atom. The van der Waals surface area contributed by atoms with Crippen LogP contribution in [-0.4, -0.2) is 79.7 Å². The van der Waals surface area contributed by atoms with Crippen LogP contribution in [0.4, 0.5) is 0 Å². The minimum atomic E-state index is -4.28. The van der Waals surface area contributed by atoms with Crippen LogP contribution in [0.15, 0.2) is 82.8 Å². The smallest absolute Gasteiger partial charge is 0.323 e. The number of rotatable bonds is 13. The zero-order valence-electron chi connectivity index (χ0n) is 23.6. The number of carboxylic acids is 1. The maximum Gasteiger partial charge on any atom is 0.323 e. The van der Waals surface area contributed by atoms with Crippen LogP contribution in [0, 0.1) is 5.92 Å². The van der Waals surface area contributed by atoms with Crippen molar-refractivity contribution in [2.75, 3.05) is 26.2 Å². The molecule has 228 valence electrons. The van der Waals surface area contributed by atoms with Gasteiger partial charge in [0.05, 0.1) is 11.3 Å². The first-order valence-electron chi connectivity index (χ1n) is 13.9. The van der Waals surface area contributed by atoms with Crippen molar-refractivity contribution < 1.29 is 27.9 Å². The topological polar surface area (TPSA) is 174 Å². The van der Waals surface area contributed by atoms with Gasteiger partial charge in [0.2, 0.25) is 21.8 Å². The highest BCUT2D eigenvalue weighted by atomic mass is 32.2. The average molecular weight is 609 g/mol. The van der Waals surface area contributed by atoms with Crippen molar-refractivity contribution in [2.45, 2.75) is 36.7 Å². The number of hydrogen-bond donors (Lipinski definition) is 4. The van der Waals surface area contributed by atoms with E-state index in [1.165, 1.54) is 12.1 Å². The van der Waals surface area contributed by atoms with E-state index in [0.717, 1.165) is 36.2 Å². The first kappa shape index (κ1) is 31.4. The standard InChI is InChI=1S/C30H36N6O6S/c31-33-21-35-14-12-22(13-15-35)18-32-28(37)17-27(30(40)36(20-29(38)39)19-23-6-2-1-3-7-23)34-43(41,42)26-11-10-24-8-4-5-9-25(24)16-26/h1-11,16,21-22,27,34H,12-15,17-20,31H2,(H,32,37)(H,38,39)/t27-/m0/s1. The molecule has 1 fully saturated rings. The van der Waals surface area contributed by atoms with Gasteiger partial charge in [-0.15, -0.1) is 0 Å². The number of piperidine rings is 1. The second-order valence-corrected chi connectivity index (χ2v) is 12.2. The van der Waals surface area contributed by atoms with Crippen molar-refractivity contribution in [3.8, 4) is 0 Å². The Bertz CT molecular complexity index is 1560. The van der Waals surface area contributed by atoms with Crippen LogP contribution in [-0.2, 0) is 31.0 Å². The number of aliphatic carboxylic acids is 1. The van der Waals surface area contributed by atoms with Gasteiger partial charge in [0.15, 0.2) is 0 Å². The lowest BCUT2D eigenvalue weighted by Crippen LogP contribution is -2.51. The molecule has 1 atom stereocenters. The highest BCUT2D eigenvalue weighted by Crippen LogP contribution is 2.20. The molecule has 3 aromatic rings. The number of hydrazone groups is 1. The van der Waals surface area contributed by atoms with Gasteiger partial charge in [0, 0.05) is 26.2 Å². The first-order valence-corrected chi connectivity index (χ1v) is 15.4. The summed E-state index contributed by atoms with van der Waals surface area (Å²) in [5, 5.41) is 17.4. The predicted molar refractivity (Wildman–Crippen MR) is 162 cm³/mol. The zero-order valence-corrected chi connectivity index (χ0v) is 24.4. The molecule has 0 bridgehead atoms. The third-order valence-electron chi connectivity index (χ3n) is 7.34. The minimum Gasteiger partial charge on any atom is -0.480 e. The van der Waals surface area contributed by atoms with E-state index in [2.05, 4.69) is 15.1 Å². The molecule has 3 aromatic carbocycles. The molecule has 4 rings (SSSR count). The van der Waals surface area contributed by atoms with Crippen LogP contribution < -0.4 is 15.9 Å². The quantitative estimate of drug-likeness (QED) is 0.0982. The molecule has 1 aliphatic rings. The molecule has 1 heterocycles. The number of carboxylic acid groups (broad SMARTS) is 1. The number of fused-ring (bicyclic) bond motifs is 1. The van der Waals surface area contributed by atoms with E-state index < -0.39 is 46.8 Å². The molecule has 1 saturated heterocycles. The summed E-state index contributed by atoms with van der Waals surface area (Å²) in [7, 11) is -4.28. The Morgan fingerprint density at radius 1 is 1.02 bits per heavy atom. The van der Waals surface area contributed by atoms with Crippen molar-refractivity contribution in [3.05, 3.63) is 78.4 Å². The second kappa shape index (κ2) is 14.6. The van der Waals surface area contributed by atoms with Gasteiger partial charge in [-0.3, -0.25) is 14.4 Å². The predicted octanol–water partition coefficient (Wildman–Crippen LogP) is 1.72. The van der Waals surface area contributed by atoms with Gasteiger partial charge in [-0.2, -0.15) is 9.82 Å². The van der Waals surface area contributed by atoms with E-state index in [9.17, 15) is 27.9 Å². The van der Waals surface area contributed by atoms with Crippen molar-refractivity contribution in [2.24, 2.45) is 16.9 Å². The van der Waals surface area contributed by atoms with E-state index in [0.29, 0.717) is 17.5 Å². The second-order valence-electron chi connectivity index (χ2n) is 10.5. The van der Waals surface area contributed by atoms with Gasteiger partial charge in [0.25, 0.3) is 0 Å². The molecule has 0 spiro atoms. The maximum absolute atomic E-state index is 13.8. The first-order chi connectivity index (χ1) is 20.6. The molecule has 0 aromatic heterocycles. The van der Waals surface area contributed by atoms with Gasteiger partial charge >= 0.3 is 5.97 Å². The molecule has 43 heavy (non-hydrogen) atoms. The van der Waals surface area contributed by atoms with E-state index >= 15 is 0 Å². The normalized spacial score (nSPS) is 14.9. The Labute approximate surface area is 250 Å². The number of carbonyl (C=O) groups is 3. The lowest BCUT2D eigenvalue weighted by Gasteiger charge is -2.30. The molecule has 13 heteroatoms. The lowest BCUT2D eigenvalue weighted by atomic mass is 9.97. The summed E-state index contributed by atoms with van der Waals surface area (Å²) in [4.78, 5) is 41.5. The van der Waals surface area contributed by atoms with Crippen molar-refractivity contribution in [3.63, 3.8) is 0 Å². The molecule has 0 saturated carbocycles. The third kappa shape index (κ3) is 9.00. The monoisotopic (exact) mass is 608 g/mol. The van der Waals surface area contributed by atoms with Gasteiger partial charge < -0.3 is 26.1 Å². The number of hydrogen-bond acceptors (Lipinski definition) is 7. The summed E-state index contributed by atoms with van der Waals surface area (Å²) < 4.78 is 29.4. The molecular weight excluding hydrogens is 572 g/mol. The number of nitrogens with zero attached hydrogens (tertiary/aromatic N) is 3. The van der Waals surface area contributed by atoms with Crippen molar-refractivity contribution in [1.29, 1.82) is 0 Å². The summed E-state index contributed by atoms with van der Waals surface area (Å²) in [6, 6.07) is 19.0. The number of likely N-dealkylation sites (tertiary alicyclic amines) is 1. The van der Waals surface area contributed by atoms with Gasteiger partial charge in [0.1, 0.15) is 18.9 Å². The molecule has 0 unspecified atom stereocenters. The Kier molecular flexibility index (Phi) is 10.7. The van der Waals surface area contributed by atoms with Crippen LogP contribution in [0.3, 0.4) is 0 Å². The maximum atomic E-state index is 13.8. The number of benzene rings is 3. The molecule has 1 aliphatic heterocycles. The van der Waals surface area contributed by atoms with Crippen LogP contribution in [0.25, 0.3) is 10.8 Å². The summed E-state index contributed by atoms with van der Waals surface area (Å²) in [6.45, 7) is 1.07. The van der Waals surface area contributed by atoms with E-state index in [1.807, 2.05) is 17.0 Å². The zero-order chi connectivity index (χ0) is 30.8. The fraction of sp³-hybridized carbons (Fsp3) is 0.333. The summed E-state index contributed by atoms with van der Waals surface area (Å²) >= 11 is 0. The Hall–Kier alpha value is -4.49. The van der Waals surface area contributed by atoms with Crippen molar-refractivity contribution in [1.82, 2.24) is 19.8 Å². The van der Waals surface area contributed by atoms with Gasteiger partial charge in [-0.1, -0.05) is 60.7 Å². The number of nitrogens with one attached hydrogen (secondary N) is 2. The fourth-order valence-electron chi connectivity index (χ4n) is 5.05. The fourth-order valence-corrected chi connectivity index (χ4v) is 6.28. The molecule has 2 amide bonds. The highest BCUT2D eigenvalue weighted by molar-refractivity contribution is 7.89. The lowest BCUT2D eigenvalue weighted by molar-refractivity contribution is -0.146. The third-order valence-corrected chi connectivity index (χ3v) is 8.81. The molecule has 12 nitrogen and oxygen atoms in total. The van der Waals surface area contributed by atoms with Gasteiger partial charge in [-0.25, -0.2) is 8.42 Å². The van der Waals surface area contributed by atoms with Crippen LogP contribution in [0.5, 0.6) is 0 Å². The van der Waals surface area contributed by atoms with Gasteiger partial charge in [-0.05, 0) is 47.2 Å². The van der Waals surface area contributed by atoms with E-state index in [-0.39, 0.29) is 17.4 Å². The SMILES string of the molecule is NN=CN1CCC(CNC(=O)C[C@H](NS(=O)(=O)c2ccc3ccccc3c2)C(=O)N(CC(=O)O)Cc2ccccc2)CC1. The molecular formula is C30H36N6O6S. The molecule has 5 N–H and O–H groups in total. The van der Waals surface area contributed by atoms with E-state index in [1.54, 1.807) is 54.9 Å². The summed E-state index contributed by atoms with van der Waals surface area (Å²) in [5.74, 6) is 2.79. The molecule has 0 radical (unpaired) electrons. The number of carbonyl (C=O) groups excluding carboxylic acids is 2. The Balaban J connectivity index is 1.53. The number of sulfonamides is 1. The highest BCUT2D eigenvalue weighted by Gasteiger charge is 2.32. The molecule has 0 aliphatic carbocycles. The number of amides is 2. The van der Waals surface area contributed by atoms with Crippen LogP contribution in [0.2, 0.25) is 0 Å². The minimum absolute atomic E-state index is 0.0769. The number of nitrogens with two attached hydrogens (primary N) is 1. The largest absolute Gasteiger partial charge is 0.480 e. The van der Waals surface area contributed by atoms with Crippen LogP contribution in [0.1, 0.15) is 24.8 Å². The summed E-state index contributed by atoms with van der Waals surface area (Å²) in [5.41, 5.74) is 0.656. The summed E-state index contributed by atoms with van der Waals surface area (Å²) in [6.07, 6.45) is 2.67. The van der Waals surface area contributed by atoms with Crippen LogP contribution >= 0.6 is 0 Å². The Morgan fingerprint density at radius 3 is 2.37 bits per heavy atom. The van der Waals surface area contributed by atoms with E-state index in [4.69, 9.17) is 5.84 Å².